The van der Waals surface area contributed by atoms with Crippen molar-refractivity contribution in [2.75, 3.05) is 13.6 Å². The lowest BCUT2D eigenvalue weighted by Crippen LogP contribution is -2.00. The first-order chi connectivity index (χ1) is 4.35. The Morgan fingerprint density at radius 1 is 1.78 bits per heavy atom. The van der Waals surface area contributed by atoms with Gasteiger partial charge in [-0.15, -0.1) is 0 Å². The molecule has 0 aromatic carbocycles. The average Bonchev–Trinajstić information content (AvgIpc) is 1.91. The molecule has 0 saturated carbocycles. The molecule has 0 fully saturated rings. The maximum atomic E-state index is 5.32. The van der Waals surface area contributed by atoms with Crippen LogP contribution in [0.3, 0.4) is 0 Å². The summed E-state index contributed by atoms with van der Waals surface area (Å²) in [5, 5.41) is 0. The Bertz CT molecular complexity index is 134. The van der Waals surface area contributed by atoms with Gasteiger partial charge in [0.15, 0.2) is 0 Å². The maximum Gasteiger partial charge on any atom is 0.0277 e. The first kappa shape index (κ1) is 8.11. The molecule has 0 atom stereocenters. The van der Waals surface area contributed by atoms with Gasteiger partial charge in [-0.05, 0) is 11.6 Å². The highest BCUT2D eigenvalue weighted by Crippen LogP contribution is 1.88. The molecule has 0 spiro atoms. The SMILES string of the molecule is C=C/C(=C\C=N/C)CN. The molecule has 50 valence electrons. The van der Waals surface area contributed by atoms with Crippen molar-refractivity contribution in [1.82, 2.24) is 0 Å². The van der Waals surface area contributed by atoms with Crippen molar-refractivity contribution in [2.24, 2.45) is 10.7 Å². The molecule has 0 unspecified atom stereocenters. The standard InChI is InChI=1S/C7H12N2/c1-3-7(6-8)4-5-9-2/h3-5H,1,6,8H2,2H3/b7-4+,9-5-. The summed E-state index contributed by atoms with van der Waals surface area (Å²) < 4.78 is 0. The topological polar surface area (TPSA) is 38.4 Å². The molecule has 9 heavy (non-hydrogen) atoms. The van der Waals surface area contributed by atoms with Crippen LogP contribution < -0.4 is 5.73 Å². The average molecular weight is 124 g/mol. The van der Waals surface area contributed by atoms with E-state index >= 15 is 0 Å². The number of nitrogens with zero attached hydrogens (tertiary/aromatic N) is 1. The highest BCUT2D eigenvalue weighted by atomic mass is 14.6. The van der Waals surface area contributed by atoms with Crippen molar-refractivity contribution < 1.29 is 0 Å². The Hall–Kier alpha value is -0.890. The van der Waals surface area contributed by atoms with Gasteiger partial charge in [-0.3, -0.25) is 4.99 Å². The largest absolute Gasteiger partial charge is 0.326 e. The lowest BCUT2D eigenvalue weighted by molar-refractivity contribution is 1.19. The molecular weight excluding hydrogens is 112 g/mol. The van der Waals surface area contributed by atoms with Crippen LogP contribution in [0.2, 0.25) is 0 Å². The van der Waals surface area contributed by atoms with Gasteiger partial charge in [0.1, 0.15) is 0 Å². The van der Waals surface area contributed by atoms with Crippen LogP contribution >= 0.6 is 0 Å². The van der Waals surface area contributed by atoms with E-state index in [0.717, 1.165) is 5.57 Å². The number of hydrogen-bond acceptors (Lipinski definition) is 2. The molecule has 2 N–H and O–H groups in total. The Labute approximate surface area is 55.8 Å². The molecule has 0 aromatic rings. The van der Waals surface area contributed by atoms with Gasteiger partial charge in [0.2, 0.25) is 0 Å². The van der Waals surface area contributed by atoms with E-state index in [9.17, 15) is 0 Å². The van der Waals surface area contributed by atoms with E-state index in [1.165, 1.54) is 0 Å². The first-order valence-corrected chi connectivity index (χ1v) is 2.79. The fraction of sp³-hybridized carbons (Fsp3) is 0.286. The van der Waals surface area contributed by atoms with E-state index in [-0.39, 0.29) is 0 Å². The van der Waals surface area contributed by atoms with Crippen LogP contribution in [0.25, 0.3) is 0 Å². The summed E-state index contributed by atoms with van der Waals surface area (Å²) in [4.78, 5) is 3.77. The van der Waals surface area contributed by atoms with Gasteiger partial charge >= 0.3 is 0 Å². The van der Waals surface area contributed by atoms with E-state index in [0.29, 0.717) is 6.54 Å². The summed E-state index contributed by atoms with van der Waals surface area (Å²) >= 11 is 0. The number of nitrogens with two attached hydrogens (primary N) is 1. The van der Waals surface area contributed by atoms with E-state index in [1.807, 2.05) is 6.08 Å². The summed E-state index contributed by atoms with van der Waals surface area (Å²) in [7, 11) is 1.72. The summed E-state index contributed by atoms with van der Waals surface area (Å²) in [6.07, 6.45) is 5.26. The van der Waals surface area contributed by atoms with Crippen LogP contribution in [-0.4, -0.2) is 19.8 Å². The number of aliphatic imine (C=N–C) groups is 1. The van der Waals surface area contributed by atoms with Gasteiger partial charge in [0.05, 0.1) is 0 Å². The molecule has 0 aromatic heterocycles. The highest BCUT2D eigenvalue weighted by Gasteiger charge is 1.80. The zero-order chi connectivity index (χ0) is 7.11. The molecule has 0 bridgehead atoms. The van der Waals surface area contributed by atoms with Gasteiger partial charge < -0.3 is 5.73 Å². The van der Waals surface area contributed by atoms with Crippen LogP contribution in [0.4, 0.5) is 0 Å². The third-order valence-electron chi connectivity index (χ3n) is 0.936. The van der Waals surface area contributed by atoms with Crippen LogP contribution in [0.15, 0.2) is 29.3 Å². The van der Waals surface area contributed by atoms with Gasteiger partial charge in [-0.2, -0.15) is 0 Å². The lowest BCUT2D eigenvalue weighted by atomic mass is 10.2. The van der Waals surface area contributed by atoms with E-state index < -0.39 is 0 Å². The summed E-state index contributed by atoms with van der Waals surface area (Å²) in [5.41, 5.74) is 6.32. The van der Waals surface area contributed by atoms with E-state index in [2.05, 4.69) is 11.6 Å². The van der Waals surface area contributed by atoms with Gasteiger partial charge in [0, 0.05) is 19.8 Å². The van der Waals surface area contributed by atoms with Crippen molar-refractivity contribution >= 4 is 6.21 Å². The zero-order valence-corrected chi connectivity index (χ0v) is 5.67. The molecular formula is C7H12N2. The highest BCUT2D eigenvalue weighted by molar-refractivity contribution is 5.72. The fourth-order valence-electron chi connectivity index (χ4n) is 0.390. The zero-order valence-electron chi connectivity index (χ0n) is 5.67. The Balaban J connectivity index is 3.90. The normalized spacial score (nSPS) is 12.4. The molecule has 0 aliphatic rings. The molecule has 0 aliphatic carbocycles. The minimum atomic E-state index is 0.523. The lowest BCUT2D eigenvalue weighted by Gasteiger charge is -1.89. The first-order valence-electron chi connectivity index (χ1n) is 2.79. The van der Waals surface area contributed by atoms with Crippen LogP contribution in [0.5, 0.6) is 0 Å². The van der Waals surface area contributed by atoms with Crippen molar-refractivity contribution in [3.8, 4) is 0 Å². The predicted octanol–water partition coefficient (Wildman–Crippen LogP) is 0.758. The van der Waals surface area contributed by atoms with E-state index in [1.54, 1.807) is 19.3 Å². The molecule has 0 saturated heterocycles. The minimum Gasteiger partial charge on any atom is -0.326 e. The molecule has 0 radical (unpaired) electrons. The van der Waals surface area contributed by atoms with Crippen molar-refractivity contribution in [3.05, 3.63) is 24.3 Å². The van der Waals surface area contributed by atoms with E-state index in [4.69, 9.17) is 5.73 Å². The Morgan fingerprint density at radius 2 is 2.44 bits per heavy atom. The van der Waals surface area contributed by atoms with Gasteiger partial charge in [-0.1, -0.05) is 12.7 Å². The maximum absolute atomic E-state index is 5.32. The van der Waals surface area contributed by atoms with Crippen LogP contribution in [0, 0.1) is 0 Å². The summed E-state index contributed by atoms with van der Waals surface area (Å²) in [6, 6.07) is 0. The second kappa shape index (κ2) is 5.25. The Morgan fingerprint density at radius 3 is 2.78 bits per heavy atom. The number of hydrogen-bond donors (Lipinski definition) is 1. The monoisotopic (exact) mass is 124 g/mol. The third-order valence-corrected chi connectivity index (χ3v) is 0.936. The summed E-state index contributed by atoms with van der Waals surface area (Å²) in [6.45, 7) is 4.10. The van der Waals surface area contributed by atoms with Crippen molar-refractivity contribution in [2.45, 2.75) is 0 Å². The van der Waals surface area contributed by atoms with Gasteiger partial charge in [-0.25, -0.2) is 0 Å². The molecule has 0 amide bonds. The Kier molecular flexibility index (Phi) is 4.73. The predicted molar refractivity (Wildman–Crippen MR) is 41.8 cm³/mol. The van der Waals surface area contributed by atoms with Crippen molar-refractivity contribution in [1.29, 1.82) is 0 Å². The smallest absolute Gasteiger partial charge is 0.0277 e. The number of allylic oxidation sites excluding steroid dienone is 1. The molecule has 0 rings (SSSR count). The second-order valence-corrected chi connectivity index (χ2v) is 1.56. The summed E-state index contributed by atoms with van der Waals surface area (Å²) in [5.74, 6) is 0. The molecule has 0 aliphatic heterocycles. The molecule has 0 heterocycles. The second-order valence-electron chi connectivity index (χ2n) is 1.56. The molecule has 2 nitrogen and oxygen atoms in total. The molecule has 2 heteroatoms. The number of rotatable bonds is 3. The fourth-order valence-corrected chi connectivity index (χ4v) is 0.390. The van der Waals surface area contributed by atoms with Crippen molar-refractivity contribution in [3.63, 3.8) is 0 Å². The quantitative estimate of drug-likeness (QED) is 0.437. The van der Waals surface area contributed by atoms with Gasteiger partial charge in [0.25, 0.3) is 0 Å². The van der Waals surface area contributed by atoms with Crippen LogP contribution in [-0.2, 0) is 0 Å². The third kappa shape index (κ3) is 3.67. The van der Waals surface area contributed by atoms with Crippen LogP contribution in [0.1, 0.15) is 0 Å². The minimum absolute atomic E-state index is 0.523.